The largest absolute Gasteiger partial charge is 0.431 e. The van der Waals surface area contributed by atoms with E-state index in [0.717, 1.165) is 25.9 Å². The van der Waals surface area contributed by atoms with Gasteiger partial charge >= 0.3 is 0 Å². The van der Waals surface area contributed by atoms with Gasteiger partial charge in [-0.25, -0.2) is 4.98 Å². The van der Waals surface area contributed by atoms with E-state index >= 15 is 0 Å². The second kappa shape index (κ2) is 6.35. The molecule has 0 bridgehead atoms. The number of carbonyl (C=O) groups is 1. The number of nitrogens with zero attached hydrogens (tertiary/aromatic N) is 3. The Balaban J connectivity index is 1.66. The number of piperidine rings is 1. The fourth-order valence-electron chi connectivity index (χ4n) is 2.43. The summed E-state index contributed by atoms with van der Waals surface area (Å²) in [4.78, 5) is 28.4. The highest BCUT2D eigenvalue weighted by molar-refractivity contribution is 7.99. The van der Waals surface area contributed by atoms with Crippen LogP contribution in [0, 0.1) is 10.1 Å². The Bertz CT molecular complexity index is 709. The number of carbonyl (C=O) groups excluding carboxylic acids is 1. The van der Waals surface area contributed by atoms with Gasteiger partial charge in [0, 0.05) is 19.2 Å². The van der Waals surface area contributed by atoms with Gasteiger partial charge in [-0.2, -0.15) is 0 Å². The molecule has 1 saturated heterocycles. The van der Waals surface area contributed by atoms with Crippen LogP contribution < -0.4 is 0 Å². The number of likely N-dealkylation sites (tertiary alicyclic amines) is 1. The second-order valence-corrected chi connectivity index (χ2v) is 6.05. The van der Waals surface area contributed by atoms with E-state index in [-0.39, 0.29) is 17.3 Å². The molecule has 0 spiro atoms. The van der Waals surface area contributed by atoms with E-state index in [1.165, 1.54) is 30.3 Å². The molecule has 0 aliphatic carbocycles. The summed E-state index contributed by atoms with van der Waals surface area (Å²) in [5.74, 6) is 0.354. The quantitative estimate of drug-likeness (QED) is 0.488. The molecular weight excluding hydrogens is 306 g/mol. The minimum Gasteiger partial charge on any atom is -0.431 e. The third kappa shape index (κ3) is 3.22. The van der Waals surface area contributed by atoms with Crippen molar-refractivity contribution < 1.29 is 14.1 Å². The Morgan fingerprint density at radius 3 is 2.86 bits per heavy atom. The molecule has 0 unspecified atom stereocenters. The van der Waals surface area contributed by atoms with Gasteiger partial charge in [0.1, 0.15) is 5.52 Å². The predicted molar refractivity (Wildman–Crippen MR) is 81.8 cm³/mol. The van der Waals surface area contributed by atoms with Crippen LogP contribution in [-0.2, 0) is 4.79 Å². The summed E-state index contributed by atoms with van der Waals surface area (Å²) in [6, 6.07) is 4.28. The van der Waals surface area contributed by atoms with Crippen LogP contribution in [0.2, 0.25) is 0 Å². The Morgan fingerprint density at radius 2 is 2.14 bits per heavy atom. The summed E-state index contributed by atoms with van der Waals surface area (Å²) < 4.78 is 5.47. The standard InChI is InChI=1S/C14H15N3O4S/c18-13(16-6-2-1-3-7-16)9-22-14-15-11-5-4-10(17(19)20)8-12(11)21-14/h4-5,8H,1-3,6-7,9H2. The van der Waals surface area contributed by atoms with Crippen LogP contribution in [0.4, 0.5) is 5.69 Å². The monoisotopic (exact) mass is 321 g/mol. The minimum atomic E-state index is -0.478. The van der Waals surface area contributed by atoms with E-state index in [9.17, 15) is 14.9 Å². The van der Waals surface area contributed by atoms with E-state index in [4.69, 9.17) is 4.42 Å². The van der Waals surface area contributed by atoms with Crippen LogP contribution >= 0.6 is 11.8 Å². The molecule has 2 aromatic rings. The van der Waals surface area contributed by atoms with Gasteiger partial charge in [-0.1, -0.05) is 11.8 Å². The molecule has 0 N–H and O–H groups in total. The zero-order valence-corrected chi connectivity index (χ0v) is 12.7. The lowest BCUT2D eigenvalue weighted by Crippen LogP contribution is -2.36. The van der Waals surface area contributed by atoms with Gasteiger partial charge in [-0.15, -0.1) is 0 Å². The maximum atomic E-state index is 12.1. The second-order valence-electron chi connectivity index (χ2n) is 5.12. The molecule has 1 aliphatic heterocycles. The van der Waals surface area contributed by atoms with Crippen LogP contribution in [0.3, 0.4) is 0 Å². The summed E-state index contributed by atoms with van der Waals surface area (Å²) in [6.45, 7) is 1.64. The number of hydrogen-bond acceptors (Lipinski definition) is 6. The van der Waals surface area contributed by atoms with Crippen molar-refractivity contribution in [2.45, 2.75) is 24.5 Å². The Labute approximate surface area is 130 Å². The first-order valence-corrected chi connectivity index (χ1v) is 8.07. The summed E-state index contributed by atoms with van der Waals surface area (Å²) in [7, 11) is 0. The van der Waals surface area contributed by atoms with E-state index in [0.29, 0.717) is 16.3 Å². The number of nitro groups is 1. The Hall–Kier alpha value is -2.09. The van der Waals surface area contributed by atoms with Gasteiger partial charge in [-0.05, 0) is 25.3 Å². The first kappa shape index (κ1) is 14.8. The zero-order chi connectivity index (χ0) is 15.5. The number of amides is 1. The molecule has 1 aromatic carbocycles. The van der Waals surface area contributed by atoms with Crippen molar-refractivity contribution in [3.05, 3.63) is 28.3 Å². The first-order valence-electron chi connectivity index (χ1n) is 7.09. The summed E-state index contributed by atoms with van der Waals surface area (Å²) in [5, 5.41) is 11.1. The molecular formula is C14H15N3O4S. The van der Waals surface area contributed by atoms with E-state index < -0.39 is 4.92 Å². The maximum Gasteiger partial charge on any atom is 0.273 e. The van der Waals surface area contributed by atoms with Crippen LogP contribution in [0.15, 0.2) is 27.8 Å². The number of nitro benzene ring substituents is 1. The molecule has 1 aromatic heterocycles. The van der Waals surface area contributed by atoms with Crippen LogP contribution in [0.25, 0.3) is 11.1 Å². The fourth-order valence-corrected chi connectivity index (χ4v) is 3.17. The van der Waals surface area contributed by atoms with Gasteiger partial charge in [0.25, 0.3) is 10.9 Å². The van der Waals surface area contributed by atoms with Crippen LogP contribution in [-0.4, -0.2) is 39.6 Å². The third-order valence-electron chi connectivity index (χ3n) is 3.59. The molecule has 116 valence electrons. The van der Waals surface area contributed by atoms with Crippen LogP contribution in [0.1, 0.15) is 19.3 Å². The molecule has 1 aliphatic rings. The molecule has 2 heterocycles. The molecule has 0 atom stereocenters. The van der Waals surface area contributed by atoms with Crippen molar-refractivity contribution in [1.29, 1.82) is 0 Å². The lowest BCUT2D eigenvalue weighted by atomic mass is 10.1. The van der Waals surface area contributed by atoms with Gasteiger partial charge in [0.05, 0.1) is 16.7 Å². The lowest BCUT2D eigenvalue weighted by molar-refractivity contribution is -0.384. The topological polar surface area (TPSA) is 89.5 Å². The smallest absolute Gasteiger partial charge is 0.273 e. The number of rotatable bonds is 4. The molecule has 8 heteroatoms. The van der Waals surface area contributed by atoms with Crippen molar-refractivity contribution in [1.82, 2.24) is 9.88 Å². The molecule has 7 nitrogen and oxygen atoms in total. The normalized spacial score (nSPS) is 15.2. The van der Waals surface area contributed by atoms with Crippen molar-refractivity contribution in [3.63, 3.8) is 0 Å². The average molecular weight is 321 g/mol. The molecule has 3 rings (SSSR count). The van der Waals surface area contributed by atoms with Gasteiger partial charge in [0.15, 0.2) is 5.58 Å². The maximum absolute atomic E-state index is 12.1. The number of benzene rings is 1. The Kier molecular flexibility index (Phi) is 4.28. The minimum absolute atomic E-state index is 0.0374. The molecule has 0 saturated carbocycles. The number of hydrogen-bond donors (Lipinski definition) is 0. The van der Waals surface area contributed by atoms with Crippen molar-refractivity contribution in [3.8, 4) is 0 Å². The summed E-state index contributed by atoms with van der Waals surface area (Å²) >= 11 is 1.22. The average Bonchev–Trinajstić information content (AvgIpc) is 2.95. The van der Waals surface area contributed by atoms with E-state index in [1.54, 1.807) is 6.07 Å². The number of non-ortho nitro benzene ring substituents is 1. The lowest BCUT2D eigenvalue weighted by Gasteiger charge is -2.26. The van der Waals surface area contributed by atoms with Crippen molar-refractivity contribution >= 4 is 34.5 Å². The third-order valence-corrected chi connectivity index (χ3v) is 4.40. The van der Waals surface area contributed by atoms with Crippen molar-refractivity contribution in [2.24, 2.45) is 0 Å². The number of fused-ring (bicyclic) bond motifs is 1. The van der Waals surface area contributed by atoms with Gasteiger partial charge in [0.2, 0.25) is 5.91 Å². The van der Waals surface area contributed by atoms with E-state index in [1.807, 2.05) is 4.90 Å². The summed E-state index contributed by atoms with van der Waals surface area (Å²) in [5.41, 5.74) is 0.880. The SMILES string of the molecule is O=C(CSc1nc2ccc([N+](=O)[O-])cc2o1)N1CCCCC1. The number of thioether (sulfide) groups is 1. The molecule has 1 fully saturated rings. The Morgan fingerprint density at radius 1 is 1.36 bits per heavy atom. The van der Waals surface area contributed by atoms with Gasteiger partial charge in [-0.3, -0.25) is 14.9 Å². The first-order chi connectivity index (χ1) is 10.6. The number of aromatic nitrogens is 1. The highest BCUT2D eigenvalue weighted by Gasteiger charge is 2.18. The fraction of sp³-hybridized carbons (Fsp3) is 0.429. The molecule has 1 amide bonds. The zero-order valence-electron chi connectivity index (χ0n) is 11.9. The summed E-state index contributed by atoms with van der Waals surface area (Å²) in [6.07, 6.45) is 3.30. The highest BCUT2D eigenvalue weighted by atomic mass is 32.2. The van der Waals surface area contributed by atoms with Crippen molar-refractivity contribution in [2.75, 3.05) is 18.8 Å². The van der Waals surface area contributed by atoms with Gasteiger partial charge < -0.3 is 9.32 Å². The van der Waals surface area contributed by atoms with Crippen LogP contribution in [0.5, 0.6) is 0 Å². The molecule has 22 heavy (non-hydrogen) atoms. The highest BCUT2D eigenvalue weighted by Crippen LogP contribution is 2.26. The van der Waals surface area contributed by atoms with E-state index in [2.05, 4.69) is 4.98 Å². The predicted octanol–water partition coefficient (Wildman–Crippen LogP) is 2.84. The molecule has 0 radical (unpaired) electrons. The number of oxazole rings is 1.